The Morgan fingerprint density at radius 2 is 1.12 bits per heavy atom. The van der Waals surface area contributed by atoms with E-state index in [2.05, 4.69) is 13.8 Å². The van der Waals surface area contributed by atoms with Crippen molar-refractivity contribution in [3.8, 4) is 0 Å². The highest BCUT2D eigenvalue weighted by molar-refractivity contribution is 6.03. The lowest BCUT2D eigenvalue weighted by Gasteiger charge is -2.10. The number of carbonyl (C=O) groups excluding carboxylic acids is 2. The molecule has 0 N–H and O–H groups in total. The van der Waals surface area contributed by atoms with Crippen LogP contribution < -0.4 is 0 Å². The molecule has 0 aliphatic carbocycles. The van der Waals surface area contributed by atoms with Gasteiger partial charge in [-0.2, -0.15) is 0 Å². The number of ether oxygens (including phenoxy) is 2. The normalized spacial score (nSPS) is 12.7. The smallest absolute Gasteiger partial charge is 0.339 e. The van der Waals surface area contributed by atoms with Crippen LogP contribution in [0.1, 0.15) is 104 Å². The average Bonchev–Trinajstić information content (AvgIpc) is 2.73. The van der Waals surface area contributed by atoms with Crippen LogP contribution in [0.15, 0.2) is 24.2 Å². The van der Waals surface area contributed by atoms with E-state index < -0.39 is 47.2 Å². The molecule has 0 unspecified atom stereocenters. The van der Waals surface area contributed by atoms with E-state index in [9.17, 15) is 9.59 Å². The number of rotatable bonds is 14. The number of esters is 2. The van der Waals surface area contributed by atoms with Crippen molar-refractivity contribution < 1.29 is 24.5 Å². The Balaban J connectivity index is 2.89. The Kier molecular flexibility index (Phi) is 9.01. The summed E-state index contributed by atoms with van der Waals surface area (Å²) in [7, 11) is 0. The highest BCUT2D eigenvalue weighted by atomic mass is 16.5. The van der Waals surface area contributed by atoms with Crippen molar-refractivity contribution >= 4 is 11.9 Å². The molecule has 4 nitrogen and oxygen atoms in total. The maximum absolute atomic E-state index is 12.6. The largest absolute Gasteiger partial charge is 0.462 e. The SMILES string of the molecule is [2H]c1c([2H])c([2H])c(C(=O)OCCCCCCC)c(C(=O)OCCCCCCC)c1[2H]. The Hall–Kier alpha value is -1.84. The zero-order valence-electron chi connectivity index (χ0n) is 20.1. The molecule has 4 heteroatoms. The molecule has 0 aliphatic heterocycles. The lowest BCUT2D eigenvalue weighted by Crippen LogP contribution is -2.15. The molecule has 0 bridgehead atoms. The molecule has 0 saturated carbocycles. The first kappa shape index (κ1) is 16.3. The molecule has 0 aromatic heterocycles. The van der Waals surface area contributed by atoms with Gasteiger partial charge in [-0.1, -0.05) is 77.3 Å². The fourth-order valence-electron chi connectivity index (χ4n) is 2.50. The van der Waals surface area contributed by atoms with Gasteiger partial charge < -0.3 is 9.47 Å². The highest BCUT2D eigenvalue weighted by Gasteiger charge is 2.18. The molecule has 0 atom stereocenters. The van der Waals surface area contributed by atoms with Crippen LogP contribution in [0.3, 0.4) is 0 Å². The summed E-state index contributed by atoms with van der Waals surface area (Å²) in [6.45, 7) is 4.48. The number of unbranched alkanes of at least 4 members (excludes halogenated alkanes) is 8. The second-order valence-corrected chi connectivity index (χ2v) is 6.35. The molecule has 0 aliphatic rings. The van der Waals surface area contributed by atoms with E-state index in [0.29, 0.717) is 12.8 Å². The molecule has 146 valence electrons. The monoisotopic (exact) mass is 366 g/mol. The van der Waals surface area contributed by atoms with E-state index in [1.165, 1.54) is 0 Å². The van der Waals surface area contributed by atoms with E-state index in [1.807, 2.05) is 0 Å². The molecule has 1 rings (SSSR count). The van der Waals surface area contributed by atoms with Crippen molar-refractivity contribution in [1.29, 1.82) is 0 Å². The van der Waals surface area contributed by atoms with Crippen molar-refractivity contribution in [2.75, 3.05) is 13.2 Å². The van der Waals surface area contributed by atoms with E-state index in [1.54, 1.807) is 0 Å². The average molecular weight is 367 g/mol. The molecule has 0 amide bonds. The number of carbonyl (C=O) groups is 2. The second kappa shape index (κ2) is 14.3. The van der Waals surface area contributed by atoms with Gasteiger partial charge in [0.25, 0.3) is 0 Å². The standard InChI is InChI=1S/C22H34O4/c1-3-5-7-9-13-17-25-21(23)19-15-11-12-16-20(19)22(24)26-18-14-10-8-6-4-2/h11-12,15-16H,3-10,13-14,17-18H2,1-2H3/i11D,12D,15D,16D. The summed E-state index contributed by atoms with van der Waals surface area (Å²) in [5.74, 6) is -1.85. The minimum Gasteiger partial charge on any atom is -0.462 e. The molecular formula is C22H34O4. The van der Waals surface area contributed by atoms with Crippen LogP contribution in [0.4, 0.5) is 0 Å². The van der Waals surface area contributed by atoms with Crippen molar-refractivity contribution in [1.82, 2.24) is 0 Å². The first-order valence-electron chi connectivity index (χ1n) is 11.8. The summed E-state index contributed by atoms with van der Waals surface area (Å²) in [5.41, 5.74) is -0.906. The molecule has 0 saturated heterocycles. The lowest BCUT2D eigenvalue weighted by molar-refractivity contribution is 0.0450. The van der Waals surface area contributed by atoms with Gasteiger partial charge in [0.15, 0.2) is 0 Å². The van der Waals surface area contributed by atoms with Gasteiger partial charge in [-0.25, -0.2) is 9.59 Å². The van der Waals surface area contributed by atoms with Crippen LogP contribution in [-0.2, 0) is 9.47 Å². The zero-order chi connectivity index (χ0) is 22.5. The minimum absolute atomic E-state index is 0.136. The van der Waals surface area contributed by atoms with E-state index in [0.717, 1.165) is 51.4 Å². The second-order valence-electron chi connectivity index (χ2n) is 6.35. The summed E-state index contributed by atoms with van der Waals surface area (Å²) in [5, 5.41) is 0. The minimum atomic E-state index is -0.924. The Labute approximate surface area is 163 Å². The Bertz CT molecular complexity index is 648. The van der Waals surface area contributed by atoms with Crippen molar-refractivity contribution in [3.05, 3.63) is 35.3 Å². The van der Waals surface area contributed by atoms with Crippen LogP contribution in [0, 0.1) is 0 Å². The lowest BCUT2D eigenvalue weighted by atomic mass is 10.1. The van der Waals surface area contributed by atoms with Crippen LogP contribution in [0.5, 0.6) is 0 Å². The summed E-state index contributed by atoms with van der Waals surface area (Å²) < 4.78 is 42.2. The molecular weight excluding hydrogens is 328 g/mol. The third kappa shape index (κ3) is 9.02. The van der Waals surface area contributed by atoms with E-state index >= 15 is 0 Å². The van der Waals surface area contributed by atoms with Gasteiger partial charge in [0, 0.05) is 0 Å². The third-order valence-corrected chi connectivity index (χ3v) is 4.06. The number of hydrogen-bond acceptors (Lipinski definition) is 4. The fourth-order valence-corrected chi connectivity index (χ4v) is 2.50. The molecule has 0 spiro atoms. The topological polar surface area (TPSA) is 52.6 Å². The molecule has 1 aromatic rings. The predicted molar refractivity (Wildman–Crippen MR) is 105 cm³/mol. The molecule has 0 radical (unpaired) electrons. The van der Waals surface area contributed by atoms with Gasteiger partial charge in [0.1, 0.15) is 0 Å². The summed E-state index contributed by atoms with van der Waals surface area (Å²) in [6, 6.07) is -2.32. The van der Waals surface area contributed by atoms with Crippen LogP contribution >= 0.6 is 0 Å². The molecule has 0 heterocycles. The van der Waals surface area contributed by atoms with Gasteiger partial charge in [-0.15, -0.1) is 0 Å². The number of benzene rings is 1. The zero-order valence-corrected chi connectivity index (χ0v) is 16.1. The van der Waals surface area contributed by atoms with E-state index in [4.69, 9.17) is 15.0 Å². The van der Waals surface area contributed by atoms with Crippen molar-refractivity contribution in [2.24, 2.45) is 0 Å². The summed E-state index contributed by atoms with van der Waals surface area (Å²) >= 11 is 0. The number of hydrogen-bond donors (Lipinski definition) is 0. The van der Waals surface area contributed by atoms with E-state index in [-0.39, 0.29) is 13.2 Å². The van der Waals surface area contributed by atoms with Gasteiger partial charge in [-0.05, 0) is 24.9 Å². The van der Waals surface area contributed by atoms with Crippen molar-refractivity contribution in [2.45, 2.75) is 78.1 Å². The summed E-state index contributed by atoms with van der Waals surface area (Å²) in [4.78, 5) is 25.1. The van der Waals surface area contributed by atoms with Gasteiger partial charge in [0.05, 0.1) is 29.8 Å². The predicted octanol–water partition coefficient (Wildman–Crippen LogP) is 5.94. The van der Waals surface area contributed by atoms with Crippen LogP contribution in [-0.4, -0.2) is 25.2 Å². The first-order valence-corrected chi connectivity index (χ1v) is 9.81. The Morgan fingerprint density at radius 3 is 1.50 bits per heavy atom. The van der Waals surface area contributed by atoms with Gasteiger partial charge in [-0.3, -0.25) is 0 Å². The van der Waals surface area contributed by atoms with Crippen LogP contribution in [0.25, 0.3) is 0 Å². The molecule has 0 fully saturated rings. The van der Waals surface area contributed by atoms with Gasteiger partial charge in [0.2, 0.25) is 0 Å². The fraction of sp³-hybridized carbons (Fsp3) is 0.636. The quantitative estimate of drug-likeness (QED) is 0.302. The third-order valence-electron chi connectivity index (χ3n) is 4.06. The summed E-state index contributed by atoms with van der Waals surface area (Å²) in [6.07, 6.45) is 9.62. The van der Waals surface area contributed by atoms with Gasteiger partial charge >= 0.3 is 11.9 Å². The molecule has 26 heavy (non-hydrogen) atoms. The maximum Gasteiger partial charge on any atom is 0.339 e. The highest BCUT2D eigenvalue weighted by Crippen LogP contribution is 2.13. The van der Waals surface area contributed by atoms with Crippen molar-refractivity contribution in [3.63, 3.8) is 0 Å². The maximum atomic E-state index is 12.6. The first-order chi connectivity index (χ1) is 14.4. The molecule has 1 aromatic carbocycles. The Morgan fingerprint density at radius 1 is 0.731 bits per heavy atom. The van der Waals surface area contributed by atoms with Crippen LogP contribution in [0.2, 0.25) is 0 Å².